The molecule has 140 valence electrons. The molecule has 8 nitrogen and oxygen atoms in total. The number of hydrogen-bond donors (Lipinski definition) is 0. The van der Waals surface area contributed by atoms with Gasteiger partial charge in [0.25, 0.3) is 0 Å². The van der Waals surface area contributed by atoms with Crippen LogP contribution in [0.4, 0.5) is 0 Å². The first kappa shape index (κ1) is 18.9. The number of halogens is 2. The Morgan fingerprint density at radius 2 is 1.77 bits per heavy atom. The molecule has 1 aromatic carbocycles. The highest BCUT2D eigenvalue weighted by atomic mass is 35.5. The molecule has 0 radical (unpaired) electrons. The van der Waals surface area contributed by atoms with Gasteiger partial charge in [0.05, 0.1) is 10.0 Å². The quantitative estimate of drug-likeness (QED) is 0.726. The fraction of sp³-hybridized carbons (Fsp3) is 0.500. The fourth-order valence-corrected chi connectivity index (χ4v) is 3.09. The van der Waals surface area contributed by atoms with Gasteiger partial charge in [-0.2, -0.15) is 15.0 Å². The van der Waals surface area contributed by atoms with Crippen molar-refractivity contribution in [3.8, 4) is 0 Å². The number of carbonyl (C=O) groups is 2. The summed E-state index contributed by atoms with van der Waals surface area (Å²) in [4.78, 5) is 23.8. The Labute approximate surface area is 159 Å². The molecule has 0 bridgehead atoms. The molecule has 3 rings (SSSR count). The number of carbonyl (C=O) groups excluding carboxylic acids is 2. The summed E-state index contributed by atoms with van der Waals surface area (Å²) >= 11 is 12.0. The summed E-state index contributed by atoms with van der Waals surface area (Å²) in [6.45, 7) is 2.60. The van der Waals surface area contributed by atoms with E-state index in [0.29, 0.717) is 33.9 Å². The summed E-state index contributed by atoms with van der Waals surface area (Å²) in [5, 5.41) is 9.53. The molecule has 1 aromatic heterocycles. The van der Waals surface area contributed by atoms with E-state index >= 15 is 0 Å². The number of esters is 2. The standard InChI is InChI=1S/C16H17Cl2N3O5/c1-8(22)24-7-15-14(25-9(2)23)3-4-16(26-15)21-19-12-5-10(17)11(18)6-13(12)20-21/h5-6,14-16H,3-4,7H2,1-2H3/t14-,15-,16-/m0/s1. The number of aromatic nitrogens is 3. The van der Waals surface area contributed by atoms with Crippen LogP contribution in [0.5, 0.6) is 0 Å². The Morgan fingerprint density at radius 1 is 1.15 bits per heavy atom. The Balaban J connectivity index is 1.80. The predicted octanol–water partition coefficient (Wildman–Crippen LogP) is 2.91. The first-order chi connectivity index (χ1) is 12.3. The third kappa shape index (κ3) is 4.25. The topological polar surface area (TPSA) is 92.5 Å². The summed E-state index contributed by atoms with van der Waals surface area (Å²) in [6, 6.07) is 3.26. The second-order valence-corrected chi connectivity index (χ2v) is 6.75. The number of rotatable bonds is 4. The second-order valence-electron chi connectivity index (χ2n) is 5.93. The summed E-state index contributed by atoms with van der Waals surface area (Å²) in [6.07, 6.45) is -0.556. The van der Waals surface area contributed by atoms with Crippen LogP contribution in [0, 0.1) is 0 Å². The van der Waals surface area contributed by atoms with Crippen molar-refractivity contribution in [1.82, 2.24) is 15.0 Å². The summed E-state index contributed by atoms with van der Waals surface area (Å²) < 4.78 is 16.2. The largest absolute Gasteiger partial charge is 0.463 e. The van der Waals surface area contributed by atoms with Gasteiger partial charge in [0.1, 0.15) is 29.8 Å². The zero-order valence-corrected chi connectivity index (χ0v) is 15.7. The third-order valence-electron chi connectivity index (χ3n) is 3.91. The van der Waals surface area contributed by atoms with Crippen molar-refractivity contribution in [2.75, 3.05) is 6.61 Å². The molecule has 0 amide bonds. The average Bonchev–Trinajstić information content (AvgIpc) is 2.96. The van der Waals surface area contributed by atoms with Gasteiger partial charge < -0.3 is 14.2 Å². The van der Waals surface area contributed by atoms with E-state index in [2.05, 4.69) is 10.2 Å². The number of ether oxygens (including phenoxy) is 3. The number of fused-ring (bicyclic) bond motifs is 1. The van der Waals surface area contributed by atoms with E-state index in [1.807, 2.05) is 0 Å². The Bertz CT molecular complexity index is 802. The SMILES string of the molecule is CC(=O)OC[C@@H]1O[C@H](n2nc3cc(Cl)c(Cl)cc3n2)CC[C@@H]1OC(C)=O. The zero-order chi connectivity index (χ0) is 18.8. The Hall–Kier alpha value is -1.90. The second kappa shape index (κ2) is 7.77. The van der Waals surface area contributed by atoms with Crippen molar-refractivity contribution in [1.29, 1.82) is 0 Å². The molecule has 1 saturated heterocycles. The molecule has 1 aliphatic rings. The van der Waals surface area contributed by atoms with Gasteiger partial charge in [-0.15, -0.1) is 0 Å². The molecule has 0 spiro atoms. The van der Waals surface area contributed by atoms with Gasteiger partial charge in [-0.3, -0.25) is 9.59 Å². The van der Waals surface area contributed by atoms with E-state index in [0.717, 1.165) is 0 Å². The van der Waals surface area contributed by atoms with Gasteiger partial charge in [0.2, 0.25) is 0 Å². The number of hydrogen-bond acceptors (Lipinski definition) is 7. The maximum atomic E-state index is 11.3. The van der Waals surface area contributed by atoms with Crippen molar-refractivity contribution in [2.45, 2.75) is 45.1 Å². The molecule has 0 N–H and O–H groups in total. The zero-order valence-electron chi connectivity index (χ0n) is 14.1. The van der Waals surface area contributed by atoms with Gasteiger partial charge in [0.15, 0.2) is 6.23 Å². The highest BCUT2D eigenvalue weighted by Crippen LogP contribution is 2.31. The number of benzene rings is 1. The Morgan fingerprint density at radius 3 is 2.31 bits per heavy atom. The molecule has 0 aliphatic carbocycles. The maximum absolute atomic E-state index is 11.3. The van der Waals surface area contributed by atoms with E-state index < -0.39 is 30.4 Å². The van der Waals surface area contributed by atoms with Crippen LogP contribution in [-0.4, -0.2) is 45.7 Å². The lowest BCUT2D eigenvalue weighted by atomic mass is 10.0. The van der Waals surface area contributed by atoms with Gasteiger partial charge in [-0.1, -0.05) is 23.2 Å². The maximum Gasteiger partial charge on any atom is 0.302 e. The summed E-state index contributed by atoms with van der Waals surface area (Å²) in [5.41, 5.74) is 1.17. The van der Waals surface area contributed by atoms with Crippen molar-refractivity contribution in [3.05, 3.63) is 22.2 Å². The first-order valence-electron chi connectivity index (χ1n) is 8.01. The first-order valence-corrected chi connectivity index (χ1v) is 8.76. The molecule has 26 heavy (non-hydrogen) atoms. The van der Waals surface area contributed by atoms with E-state index in [1.165, 1.54) is 18.6 Å². The van der Waals surface area contributed by atoms with Crippen molar-refractivity contribution < 1.29 is 23.8 Å². The van der Waals surface area contributed by atoms with Gasteiger partial charge in [0, 0.05) is 13.8 Å². The van der Waals surface area contributed by atoms with Crippen LogP contribution in [0.1, 0.15) is 32.9 Å². The molecule has 1 aliphatic heterocycles. The molecule has 0 saturated carbocycles. The van der Waals surface area contributed by atoms with Crippen LogP contribution in [-0.2, 0) is 23.8 Å². The molecule has 3 atom stereocenters. The van der Waals surface area contributed by atoms with Crippen molar-refractivity contribution >= 4 is 46.2 Å². The third-order valence-corrected chi connectivity index (χ3v) is 4.63. The van der Waals surface area contributed by atoms with Gasteiger partial charge >= 0.3 is 11.9 Å². The molecular formula is C16H17Cl2N3O5. The van der Waals surface area contributed by atoms with E-state index in [4.69, 9.17) is 37.4 Å². The van der Waals surface area contributed by atoms with Crippen molar-refractivity contribution in [2.24, 2.45) is 0 Å². The summed E-state index contributed by atoms with van der Waals surface area (Å²) in [5.74, 6) is -0.860. The lowest BCUT2D eigenvalue weighted by Crippen LogP contribution is -2.43. The highest BCUT2D eigenvalue weighted by Gasteiger charge is 2.36. The Kier molecular flexibility index (Phi) is 5.64. The van der Waals surface area contributed by atoms with Crippen molar-refractivity contribution in [3.63, 3.8) is 0 Å². The van der Waals surface area contributed by atoms with E-state index in [9.17, 15) is 9.59 Å². The summed E-state index contributed by atoms with van der Waals surface area (Å²) in [7, 11) is 0. The molecule has 10 heteroatoms. The minimum atomic E-state index is -0.608. The van der Waals surface area contributed by atoms with Crippen LogP contribution in [0.3, 0.4) is 0 Å². The van der Waals surface area contributed by atoms with Gasteiger partial charge in [-0.25, -0.2) is 0 Å². The van der Waals surface area contributed by atoms with E-state index in [-0.39, 0.29) is 6.61 Å². The molecule has 1 fully saturated rings. The average molecular weight is 402 g/mol. The van der Waals surface area contributed by atoms with Crippen LogP contribution >= 0.6 is 23.2 Å². The smallest absolute Gasteiger partial charge is 0.302 e. The predicted molar refractivity (Wildman–Crippen MR) is 92.9 cm³/mol. The lowest BCUT2D eigenvalue weighted by Gasteiger charge is -2.34. The minimum Gasteiger partial charge on any atom is -0.463 e. The molecule has 0 unspecified atom stereocenters. The normalized spacial score (nSPS) is 23.0. The van der Waals surface area contributed by atoms with Crippen LogP contribution in [0.15, 0.2) is 12.1 Å². The minimum absolute atomic E-state index is 0.0256. The van der Waals surface area contributed by atoms with Gasteiger partial charge in [-0.05, 0) is 25.0 Å². The number of nitrogens with zero attached hydrogens (tertiary/aromatic N) is 3. The van der Waals surface area contributed by atoms with E-state index in [1.54, 1.807) is 12.1 Å². The van der Waals surface area contributed by atoms with Crippen LogP contribution in [0.2, 0.25) is 10.0 Å². The van der Waals surface area contributed by atoms with Crippen LogP contribution < -0.4 is 0 Å². The highest BCUT2D eigenvalue weighted by molar-refractivity contribution is 6.42. The molecule has 2 heterocycles. The monoisotopic (exact) mass is 401 g/mol. The molecular weight excluding hydrogens is 385 g/mol. The lowest BCUT2D eigenvalue weighted by molar-refractivity contribution is -0.195. The van der Waals surface area contributed by atoms with Crippen LogP contribution in [0.25, 0.3) is 11.0 Å². The molecule has 2 aromatic rings. The fourth-order valence-electron chi connectivity index (χ4n) is 2.77.